The number of nitrogens with zero attached hydrogens (tertiary/aromatic N) is 4. The molecule has 4 aromatic rings. The highest BCUT2D eigenvalue weighted by Crippen LogP contribution is 2.21. The van der Waals surface area contributed by atoms with E-state index in [4.69, 9.17) is 4.74 Å². The van der Waals surface area contributed by atoms with Crippen molar-refractivity contribution in [3.05, 3.63) is 95.6 Å². The van der Waals surface area contributed by atoms with Gasteiger partial charge in [0.25, 0.3) is 0 Å². The van der Waals surface area contributed by atoms with Crippen LogP contribution in [0.2, 0.25) is 0 Å². The molecule has 0 fully saturated rings. The van der Waals surface area contributed by atoms with Crippen LogP contribution >= 0.6 is 11.8 Å². The van der Waals surface area contributed by atoms with Gasteiger partial charge in [0.2, 0.25) is 5.91 Å². The Hall–Kier alpha value is -3.85. The molecule has 0 aliphatic heterocycles. The molecule has 9 heteroatoms. The van der Waals surface area contributed by atoms with Crippen LogP contribution in [0.4, 0.5) is 5.69 Å². The van der Waals surface area contributed by atoms with E-state index in [0.717, 1.165) is 24.5 Å². The lowest BCUT2D eigenvalue weighted by Gasteiger charge is -2.11. The molecule has 0 aliphatic rings. The van der Waals surface area contributed by atoms with Gasteiger partial charge in [-0.2, -0.15) is 0 Å². The monoisotopic (exact) mass is 489 g/mol. The van der Waals surface area contributed by atoms with Crippen LogP contribution in [0.15, 0.2) is 78.1 Å². The summed E-state index contributed by atoms with van der Waals surface area (Å²) in [4.78, 5) is 24.1. The number of nitrogens with one attached hydrogen (secondary N) is 1. The Morgan fingerprint density at radius 3 is 2.46 bits per heavy atom. The van der Waals surface area contributed by atoms with E-state index in [0.29, 0.717) is 22.8 Å². The van der Waals surface area contributed by atoms with E-state index in [2.05, 4.69) is 42.8 Å². The first-order chi connectivity index (χ1) is 17.0. The third-order valence-corrected chi connectivity index (χ3v) is 6.54. The van der Waals surface area contributed by atoms with Crippen LogP contribution in [0, 0.1) is 0 Å². The van der Waals surface area contributed by atoms with Gasteiger partial charge in [0.1, 0.15) is 5.82 Å². The second-order valence-corrected chi connectivity index (χ2v) is 8.92. The third-order valence-electron chi connectivity index (χ3n) is 5.57. The van der Waals surface area contributed by atoms with Gasteiger partial charge in [-0.15, -0.1) is 10.2 Å². The van der Waals surface area contributed by atoms with E-state index in [-0.39, 0.29) is 11.7 Å². The van der Waals surface area contributed by atoms with Gasteiger partial charge in [-0.05, 0) is 48.4 Å². The van der Waals surface area contributed by atoms with E-state index >= 15 is 0 Å². The van der Waals surface area contributed by atoms with Crippen molar-refractivity contribution in [2.45, 2.75) is 24.5 Å². The number of aromatic nitrogens is 4. The lowest BCUT2D eigenvalue weighted by Crippen LogP contribution is -2.15. The fourth-order valence-electron chi connectivity index (χ4n) is 3.64. The maximum absolute atomic E-state index is 12.6. The number of hydrogen-bond acceptors (Lipinski definition) is 6. The number of rotatable bonds is 10. The van der Waals surface area contributed by atoms with Gasteiger partial charge in [-0.1, -0.05) is 42.1 Å². The number of carbonyl (C=O) groups is 2. The van der Waals surface area contributed by atoms with E-state index in [1.807, 2.05) is 37.5 Å². The normalized spacial score (nSPS) is 10.8. The molecule has 35 heavy (non-hydrogen) atoms. The molecule has 1 N–H and O–H groups in total. The van der Waals surface area contributed by atoms with Gasteiger partial charge >= 0.3 is 5.97 Å². The van der Waals surface area contributed by atoms with Crippen molar-refractivity contribution in [1.29, 1.82) is 0 Å². The summed E-state index contributed by atoms with van der Waals surface area (Å²) in [7, 11) is 3.34. The first-order valence-corrected chi connectivity index (χ1v) is 12.2. The second kappa shape index (κ2) is 11.5. The number of aryl methyl sites for hydroxylation is 2. The summed E-state index contributed by atoms with van der Waals surface area (Å²) in [5.41, 5.74) is 3.41. The minimum absolute atomic E-state index is 0.164. The molecule has 0 unspecified atom stereocenters. The summed E-state index contributed by atoms with van der Waals surface area (Å²) >= 11 is 1.36. The topological polar surface area (TPSA) is 91.0 Å². The zero-order chi connectivity index (χ0) is 24.6. The van der Waals surface area contributed by atoms with Gasteiger partial charge in [0.05, 0.1) is 18.4 Å². The average Bonchev–Trinajstić information content (AvgIpc) is 3.47. The Labute approximate surface area is 208 Å². The lowest BCUT2D eigenvalue weighted by molar-refractivity contribution is -0.113. The Morgan fingerprint density at radius 2 is 1.77 bits per heavy atom. The quantitative estimate of drug-likeness (QED) is 0.268. The van der Waals surface area contributed by atoms with Gasteiger partial charge in [0.15, 0.2) is 5.16 Å². The molecule has 0 aliphatic carbocycles. The number of benzene rings is 2. The molecule has 2 aromatic heterocycles. The summed E-state index contributed by atoms with van der Waals surface area (Å²) in [5, 5.41) is 12.4. The van der Waals surface area contributed by atoms with Crippen LogP contribution in [-0.2, 0) is 36.0 Å². The van der Waals surface area contributed by atoms with Crippen LogP contribution in [0.3, 0.4) is 0 Å². The minimum atomic E-state index is -0.417. The van der Waals surface area contributed by atoms with Crippen LogP contribution in [0.25, 0.3) is 0 Å². The number of esters is 1. The van der Waals surface area contributed by atoms with Crippen molar-refractivity contribution in [2.24, 2.45) is 7.05 Å². The SMILES string of the molecule is COC(=O)c1ccc(NC(=O)CSc2nnc(Cc3cccn3C)n2CCc2ccccc2)cc1. The zero-order valence-corrected chi connectivity index (χ0v) is 20.5. The molecule has 2 aromatic carbocycles. The average molecular weight is 490 g/mol. The van der Waals surface area contributed by atoms with Crippen molar-refractivity contribution in [3.8, 4) is 0 Å². The summed E-state index contributed by atoms with van der Waals surface area (Å²) < 4.78 is 8.87. The van der Waals surface area contributed by atoms with Crippen molar-refractivity contribution >= 4 is 29.3 Å². The number of carbonyl (C=O) groups excluding carboxylic acids is 2. The minimum Gasteiger partial charge on any atom is -0.465 e. The first kappa shape index (κ1) is 24.3. The van der Waals surface area contributed by atoms with E-state index in [1.165, 1.54) is 24.4 Å². The fraction of sp³-hybridized carbons (Fsp3) is 0.231. The number of ether oxygens (including phenoxy) is 1. The van der Waals surface area contributed by atoms with E-state index in [1.54, 1.807) is 24.3 Å². The molecule has 0 radical (unpaired) electrons. The Morgan fingerprint density at radius 1 is 1.00 bits per heavy atom. The highest BCUT2D eigenvalue weighted by molar-refractivity contribution is 7.99. The molecular formula is C26H27N5O3S. The molecule has 4 rings (SSSR count). The molecule has 0 saturated heterocycles. The summed E-state index contributed by atoms with van der Waals surface area (Å²) in [6.07, 6.45) is 3.51. The summed E-state index contributed by atoms with van der Waals surface area (Å²) in [6.45, 7) is 0.718. The third kappa shape index (κ3) is 6.39. The summed E-state index contributed by atoms with van der Waals surface area (Å²) in [5.74, 6) is 0.470. The Balaban J connectivity index is 1.43. The van der Waals surface area contributed by atoms with Gasteiger partial charge < -0.3 is 19.2 Å². The van der Waals surface area contributed by atoms with Crippen molar-refractivity contribution in [3.63, 3.8) is 0 Å². The number of amides is 1. The van der Waals surface area contributed by atoms with Gasteiger partial charge in [-0.25, -0.2) is 4.79 Å². The molecule has 0 atom stereocenters. The standard InChI is InChI=1S/C26H27N5O3S/c1-30-15-6-9-22(30)17-23-28-29-26(31(23)16-14-19-7-4-3-5-8-19)35-18-24(32)27-21-12-10-20(11-13-21)25(33)34-2/h3-13,15H,14,16-18H2,1-2H3,(H,27,32). The first-order valence-electron chi connectivity index (χ1n) is 11.2. The Bertz CT molecular complexity index is 1280. The summed E-state index contributed by atoms with van der Waals surface area (Å²) in [6, 6.07) is 20.9. The van der Waals surface area contributed by atoms with Crippen molar-refractivity contribution in [1.82, 2.24) is 19.3 Å². The molecular weight excluding hydrogens is 462 g/mol. The van der Waals surface area contributed by atoms with Crippen LogP contribution < -0.4 is 5.32 Å². The number of hydrogen-bond donors (Lipinski definition) is 1. The molecule has 8 nitrogen and oxygen atoms in total. The number of anilines is 1. The predicted octanol–water partition coefficient (Wildman–Crippen LogP) is 3.97. The second-order valence-electron chi connectivity index (χ2n) is 7.98. The highest BCUT2D eigenvalue weighted by atomic mass is 32.2. The molecule has 1 amide bonds. The highest BCUT2D eigenvalue weighted by Gasteiger charge is 2.16. The molecule has 2 heterocycles. The molecule has 0 saturated carbocycles. The fourth-order valence-corrected chi connectivity index (χ4v) is 4.43. The van der Waals surface area contributed by atoms with Crippen molar-refractivity contribution in [2.75, 3.05) is 18.2 Å². The predicted molar refractivity (Wildman–Crippen MR) is 136 cm³/mol. The van der Waals surface area contributed by atoms with E-state index < -0.39 is 5.97 Å². The smallest absolute Gasteiger partial charge is 0.337 e. The lowest BCUT2D eigenvalue weighted by atomic mass is 10.1. The zero-order valence-electron chi connectivity index (χ0n) is 19.7. The van der Waals surface area contributed by atoms with Crippen LogP contribution in [0.5, 0.6) is 0 Å². The van der Waals surface area contributed by atoms with Crippen LogP contribution in [-0.4, -0.2) is 44.1 Å². The number of thioether (sulfide) groups is 1. The maximum Gasteiger partial charge on any atom is 0.337 e. The molecule has 0 spiro atoms. The molecule has 180 valence electrons. The maximum atomic E-state index is 12.6. The molecule has 0 bridgehead atoms. The van der Waals surface area contributed by atoms with E-state index in [9.17, 15) is 9.59 Å². The van der Waals surface area contributed by atoms with Crippen molar-refractivity contribution < 1.29 is 14.3 Å². The number of methoxy groups -OCH3 is 1. The van der Waals surface area contributed by atoms with Crippen LogP contribution in [0.1, 0.15) is 27.4 Å². The largest absolute Gasteiger partial charge is 0.465 e. The van der Waals surface area contributed by atoms with Gasteiger partial charge in [0, 0.05) is 37.6 Å². The van der Waals surface area contributed by atoms with Gasteiger partial charge in [-0.3, -0.25) is 4.79 Å². The Kier molecular flexibility index (Phi) is 7.99.